The Labute approximate surface area is 193 Å². The van der Waals surface area contributed by atoms with Crippen molar-refractivity contribution >= 4 is 11.4 Å². The first kappa shape index (κ1) is 23.1. The van der Waals surface area contributed by atoms with E-state index >= 15 is 0 Å². The lowest BCUT2D eigenvalue weighted by Gasteiger charge is -2.31. The molecule has 0 bridgehead atoms. The molecule has 0 radical (unpaired) electrons. The lowest BCUT2D eigenvalue weighted by molar-refractivity contribution is -0.548. The topological polar surface area (TPSA) is 24.7 Å². The summed E-state index contributed by atoms with van der Waals surface area (Å²) in [5.74, 6) is -0.490. The van der Waals surface area contributed by atoms with Crippen molar-refractivity contribution in [3.05, 3.63) is 102 Å². The van der Waals surface area contributed by atoms with Crippen LogP contribution in [-0.4, -0.2) is 67.8 Å². The summed E-state index contributed by atoms with van der Waals surface area (Å²) >= 11 is 0. The molecule has 0 aliphatic carbocycles. The van der Waals surface area contributed by atoms with Crippen molar-refractivity contribution in [1.29, 1.82) is 0 Å². The maximum absolute atomic E-state index is 13.4. The summed E-state index contributed by atoms with van der Waals surface area (Å²) in [7, 11) is 0. The Morgan fingerprint density at radius 1 is 0.727 bits per heavy atom. The molecule has 172 valence electrons. The van der Waals surface area contributed by atoms with Gasteiger partial charge in [-0.05, 0) is 60.2 Å². The van der Waals surface area contributed by atoms with Crippen LogP contribution in [0.25, 0.3) is 5.70 Å². The Morgan fingerprint density at radius 2 is 1.30 bits per heavy atom. The second-order valence-electron chi connectivity index (χ2n) is 7.89. The number of halogens is 2. The molecule has 2 fully saturated rings. The SMILES string of the molecule is Fc1ccc(C(/C=C/C=C/C=C(/c2ccc(F)cc2)N2CCOCC2)=[N+]2CCOCC2)cc1. The maximum Gasteiger partial charge on any atom is 0.207 e. The van der Waals surface area contributed by atoms with Crippen molar-refractivity contribution < 1.29 is 22.8 Å². The van der Waals surface area contributed by atoms with Gasteiger partial charge in [0.1, 0.15) is 24.8 Å². The van der Waals surface area contributed by atoms with Crippen LogP contribution in [0.2, 0.25) is 0 Å². The number of rotatable bonds is 6. The molecule has 4 rings (SSSR count). The highest BCUT2D eigenvalue weighted by Crippen LogP contribution is 2.21. The van der Waals surface area contributed by atoms with Crippen molar-refractivity contribution in [1.82, 2.24) is 4.90 Å². The van der Waals surface area contributed by atoms with E-state index in [-0.39, 0.29) is 11.6 Å². The summed E-state index contributed by atoms with van der Waals surface area (Å²) in [6, 6.07) is 13.2. The van der Waals surface area contributed by atoms with Crippen LogP contribution in [0.1, 0.15) is 11.1 Å². The van der Waals surface area contributed by atoms with Crippen LogP contribution >= 0.6 is 0 Å². The first-order valence-electron chi connectivity index (χ1n) is 11.3. The van der Waals surface area contributed by atoms with Crippen LogP contribution in [0.5, 0.6) is 0 Å². The molecule has 2 aliphatic heterocycles. The van der Waals surface area contributed by atoms with Crippen LogP contribution < -0.4 is 0 Å². The molecule has 2 aliphatic rings. The van der Waals surface area contributed by atoms with Gasteiger partial charge in [0, 0.05) is 30.4 Å². The quantitative estimate of drug-likeness (QED) is 0.484. The molecule has 4 nitrogen and oxygen atoms in total. The number of benzene rings is 2. The van der Waals surface area contributed by atoms with E-state index in [9.17, 15) is 8.78 Å². The molecule has 0 spiro atoms. The van der Waals surface area contributed by atoms with E-state index < -0.39 is 0 Å². The predicted octanol–water partition coefficient (Wildman–Crippen LogP) is 4.28. The molecule has 2 heterocycles. The lowest BCUT2D eigenvalue weighted by Crippen LogP contribution is -2.34. The minimum Gasteiger partial charge on any atom is -0.378 e. The zero-order valence-electron chi connectivity index (χ0n) is 18.6. The molecule has 0 atom stereocenters. The van der Waals surface area contributed by atoms with Gasteiger partial charge in [0.05, 0.1) is 13.2 Å². The average molecular weight is 452 g/mol. The molecule has 0 N–H and O–H groups in total. The summed E-state index contributed by atoms with van der Waals surface area (Å²) < 4.78 is 40.1. The van der Waals surface area contributed by atoms with E-state index in [0.717, 1.165) is 48.7 Å². The highest BCUT2D eigenvalue weighted by Gasteiger charge is 2.18. The van der Waals surface area contributed by atoms with Gasteiger partial charge in [-0.25, -0.2) is 13.4 Å². The minimum absolute atomic E-state index is 0.245. The third-order valence-corrected chi connectivity index (χ3v) is 5.71. The number of allylic oxidation sites excluding steroid dienone is 5. The zero-order valence-corrected chi connectivity index (χ0v) is 18.6. The molecule has 0 saturated carbocycles. The fraction of sp³-hybridized carbons (Fsp3) is 0.296. The van der Waals surface area contributed by atoms with Crippen molar-refractivity contribution in [3.63, 3.8) is 0 Å². The van der Waals surface area contributed by atoms with E-state index in [1.807, 2.05) is 18.2 Å². The smallest absolute Gasteiger partial charge is 0.207 e. The van der Waals surface area contributed by atoms with Gasteiger partial charge in [0.15, 0.2) is 13.1 Å². The Bertz CT molecular complexity index is 1030. The lowest BCUT2D eigenvalue weighted by atomic mass is 10.1. The second kappa shape index (κ2) is 11.7. The first-order valence-corrected chi connectivity index (χ1v) is 11.3. The normalized spacial score (nSPS) is 17.8. The van der Waals surface area contributed by atoms with Crippen LogP contribution in [0.3, 0.4) is 0 Å². The standard InChI is InChI=1S/C27H29F2N2O2/c28-24-10-6-22(7-11-24)26(30-14-18-32-19-15-30)4-2-1-3-5-27(31-16-20-33-21-17-31)23-8-12-25(29)13-9-23/h1-13H,14-21H2/q+1. The number of morpholine rings is 2. The molecule has 33 heavy (non-hydrogen) atoms. The van der Waals surface area contributed by atoms with Gasteiger partial charge < -0.3 is 14.4 Å². The molecule has 2 aromatic rings. The van der Waals surface area contributed by atoms with Crippen molar-refractivity contribution in [2.45, 2.75) is 0 Å². The van der Waals surface area contributed by atoms with Gasteiger partial charge >= 0.3 is 0 Å². The molecule has 0 amide bonds. The van der Waals surface area contributed by atoms with Crippen LogP contribution in [0, 0.1) is 11.6 Å². The summed E-state index contributed by atoms with van der Waals surface area (Å²) in [5, 5.41) is 0. The summed E-state index contributed by atoms with van der Waals surface area (Å²) in [4.78, 5) is 2.26. The van der Waals surface area contributed by atoms with Crippen molar-refractivity contribution in [2.75, 3.05) is 52.6 Å². The van der Waals surface area contributed by atoms with E-state index in [0.29, 0.717) is 26.4 Å². The van der Waals surface area contributed by atoms with Crippen LogP contribution in [-0.2, 0) is 9.47 Å². The summed E-state index contributed by atoms with van der Waals surface area (Å²) in [6.45, 7) is 5.91. The second-order valence-corrected chi connectivity index (χ2v) is 7.89. The third kappa shape index (κ3) is 6.46. The monoisotopic (exact) mass is 451 g/mol. The van der Waals surface area contributed by atoms with Crippen molar-refractivity contribution in [2.24, 2.45) is 0 Å². The van der Waals surface area contributed by atoms with E-state index in [4.69, 9.17) is 9.47 Å². The summed E-state index contributed by atoms with van der Waals surface area (Å²) in [6.07, 6.45) is 10.1. The number of hydrogen-bond acceptors (Lipinski definition) is 3. The Morgan fingerprint density at radius 3 is 1.94 bits per heavy atom. The Hall–Kier alpha value is -3.09. The van der Waals surface area contributed by atoms with Gasteiger partial charge in [-0.1, -0.05) is 18.2 Å². The van der Waals surface area contributed by atoms with Gasteiger partial charge in [-0.2, -0.15) is 0 Å². The molecular weight excluding hydrogens is 422 g/mol. The molecule has 0 aromatic heterocycles. The molecule has 2 saturated heterocycles. The van der Waals surface area contributed by atoms with Crippen LogP contribution in [0.4, 0.5) is 8.78 Å². The predicted molar refractivity (Wildman–Crippen MR) is 126 cm³/mol. The van der Waals surface area contributed by atoms with Gasteiger partial charge in [-0.3, -0.25) is 0 Å². The largest absolute Gasteiger partial charge is 0.378 e. The van der Waals surface area contributed by atoms with Crippen molar-refractivity contribution in [3.8, 4) is 0 Å². The maximum atomic E-state index is 13.4. The Balaban J connectivity index is 1.56. The number of nitrogens with zero attached hydrogens (tertiary/aromatic N) is 2. The van der Waals surface area contributed by atoms with Gasteiger partial charge in [0.25, 0.3) is 0 Å². The highest BCUT2D eigenvalue weighted by atomic mass is 19.1. The van der Waals surface area contributed by atoms with E-state index in [2.05, 4.69) is 21.6 Å². The molecule has 6 heteroatoms. The summed E-state index contributed by atoms with van der Waals surface area (Å²) in [5.41, 5.74) is 4.02. The Kier molecular flexibility index (Phi) is 8.17. The fourth-order valence-corrected chi connectivity index (χ4v) is 3.98. The number of ether oxygens (including phenoxy) is 2. The first-order chi connectivity index (χ1) is 16.2. The fourth-order valence-electron chi connectivity index (χ4n) is 3.98. The highest BCUT2D eigenvalue weighted by molar-refractivity contribution is 6.05. The minimum atomic E-state index is -0.245. The number of hydrogen-bond donors (Lipinski definition) is 0. The zero-order chi connectivity index (χ0) is 22.9. The van der Waals surface area contributed by atoms with Gasteiger partial charge in [-0.15, -0.1) is 0 Å². The van der Waals surface area contributed by atoms with Crippen LogP contribution in [0.15, 0.2) is 78.9 Å². The van der Waals surface area contributed by atoms with Gasteiger partial charge in [0.2, 0.25) is 5.71 Å². The third-order valence-electron chi connectivity index (χ3n) is 5.71. The average Bonchev–Trinajstić information content (AvgIpc) is 2.86. The molecule has 0 unspecified atom stereocenters. The molecular formula is C27H29F2N2O2+. The van der Waals surface area contributed by atoms with E-state index in [1.54, 1.807) is 24.3 Å². The van der Waals surface area contributed by atoms with E-state index in [1.165, 1.54) is 24.3 Å². The molecule has 2 aromatic carbocycles.